The number of amides is 1. The zero-order valence-corrected chi connectivity index (χ0v) is 14.0. The summed E-state index contributed by atoms with van der Waals surface area (Å²) in [7, 11) is 0. The highest BCUT2D eigenvalue weighted by Gasteiger charge is 2.17. The molecule has 0 aliphatic heterocycles. The van der Waals surface area contributed by atoms with Gasteiger partial charge in [0, 0.05) is 0 Å². The van der Waals surface area contributed by atoms with Gasteiger partial charge in [-0.05, 0) is 51.3 Å². The number of hydrogen-bond acceptors (Lipinski definition) is 3. The van der Waals surface area contributed by atoms with Crippen LogP contribution in [0.2, 0.25) is 5.02 Å². The highest BCUT2D eigenvalue weighted by molar-refractivity contribution is 6.33. The molecule has 0 saturated heterocycles. The van der Waals surface area contributed by atoms with Crippen molar-refractivity contribution in [1.82, 2.24) is 0 Å². The first-order valence-electron chi connectivity index (χ1n) is 7.09. The van der Waals surface area contributed by atoms with E-state index >= 15 is 0 Å². The maximum Gasteiger partial charge on any atom is 0.412 e. The van der Waals surface area contributed by atoms with Crippen LogP contribution < -0.4 is 5.32 Å². The van der Waals surface area contributed by atoms with Gasteiger partial charge >= 0.3 is 12.1 Å². The number of carboxylic acids is 1. The average molecular weight is 328 g/mol. The number of rotatable bonds is 5. The highest BCUT2D eigenvalue weighted by atomic mass is 35.5. The Bertz CT molecular complexity index is 552. The van der Waals surface area contributed by atoms with Gasteiger partial charge in [0.25, 0.3) is 0 Å². The zero-order valence-electron chi connectivity index (χ0n) is 13.3. The number of ether oxygens (including phenoxy) is 1. The summed E-state index contributed by atoms with van der Waals surface area (Å²) in [5.74, 6) is -1.24. The molecule has 1 amide bonds. The van der Waals surface area contributed by atoms with E-state index < -0.39 is 23.6 Å². The second kappa shape index (κ2) is 7.49. The molecule has 0 heterocycles. The number of nitrogens with one attached hydrogen (secondary N) is 1. The number of carbonyl (C=O) groups is 2. The summed E-state index contributed by atoms with van der Waals surface area (Å²) in [6, 6.07) is 5.23. The van der Waals surface area contributed by atoms with Crippen LogP contribution >= 0.6 is 11.6 Å². The fourth-order valence-electron chi connectivity index (χ4n) is 1.74. The minimum Gasteiger partial charge on any atom is -0.481 e. The van der Waals surface area contributed by atoms with Crippen LogP contribution in [0.4, 0.5) is 10.5 Å². The standard InChI is InChI=1S/C16H22ClNO4/c1-10(14(19)20)5-6-11-7-8-12(17)13(9-11)18-15(21)22-16(2,3)4/h7-10H,5-6H2,1-4H3,(H,18,21)(H,19,20). The molecule has 1 aromatic carbocycles. The highest BCUT2D eigenvalue weighted by Crippen LogP contribution is 2.25. The van der Waals surface area contributed by atoms with E-state index in [1.807, 2.05) is 6.07 Å². The minimum atomic E-state index is -0.818. The number of halogens is 1. The van der Waals surface area contributed by atoms with E-state index in [1.54, 1.807) is 39.8 Å². The second-order valence-electron chi connectivity index (χ2n) is 6.22. The van der Waals surface area contributed by atoms with Gasteiger partial charge in [0.05, 0.1) is 16.6 Å². The lowest BCUT2D eigenvalue weighted by Crippen LogP contribution is -2.27. The second-order valence-corrected chi connectivity index (χ2v) is 6.63. The fraction of sp³-hybridized carbons (Fsp3) is 0.500. The first kappa shape index (κ1) is 18.3. The fourth-order valence-corrected chi connectivity index (χ4v) is 1.91. The van der Waals surface area contributed by atoms with Crippen molar-refractivity contribution in [3.8, 4) is 0 Å². The Hall–Kier alpha value is -1.75. The van der Waals surface area contributed by atoms with E-state index in [-0.39, 0.29) is 0 Å². The number of hydrogen-bond donors (Lipinski definition) is 2. The topological polar surface area (TPSA) is 75.6 Å². The van der Waals surface area contributed by atoms with Crippen LogP contribution in [0.15, 0.2) is 18.2 Å². The van der Waals surface area contributed by atoms with Crippen LogP contribution in [0.3, 0.4) is 0 Å². The van der Waals surface area contributed by atoms with Gasteiger partial charge in [-0.2, -0.15) is 0 Å². The summed E-state index contributed by atoms with van der Waals surface area (Å²) in [5.41, 5.74) is 0.769. The Morgan fingerprint density at radius 2 is 2.00 bits per heavy atom. The van der Waals surface area contributed by atoms with Crippen molar-refractivity contribution in [3.63, 3.8) is 0 Å². The van der Waals surface area contributed by atoms with Crippen molar-refractivity contribution >= 4 is 29.4 Å². The van der Waals surface area contributed by atoms with Gasteiger partial charge in [-0.1, -0.05) is 24.6 Å². The largest absolute Gasteiger partial charge is 0.481 e. The predicted octanol–water partition coefficient (Wildman–Crippen LogP) is 4.34. The van der Waals surface area contributed by atoms with E-state index in [0.717, 1.165) is 5.56 Å². The lowest BCUT2D eigenvalue weighted by molar-refractivity contribution is -0.141. The molecule has 1 unspecified atom stereocenters. The van der Waals surface area contributed by atoms with Gasteiger partial charge in [0.1, 0.15) is 5.60 Å². The average Bonchev–Trinajstić information content (AvgIpc) is 2.36. The Kier molecular flexibility index (Phi) is 6.23. The number of aryl methyl sites for hydroxylation is 1. The van der Waals surface area contributed by atoms with Gasteiger partial charge in [0.15, 0.2) is 0 Å². The molecule has 0 aliphatic rings. The zero-order chi connectivity index (χ0) is 16.9. The number of carboxylic acid groups (broad SMARTS) is 1. The maximum absolute atomic E-state index is 11.8. The van der Waals surface area contributed by atoms with Crippen LogP contribution in [0.5, 0.6) is 0 Å². The Morgan fingerprint density at radius 3 is 2.55 bits per heavy atom. The van der Waals surface area contributed by atoms with Crippen molar-refractivity contribution in [1.29, 1.82) is 0 Å². The van der Waals surface area contributed by atoms with Crippen LogP contribution in [0.1, 0.15) is 39.7 Å². The molecule has 1 rings (SSSR count). The number of carbonyl (C=O) groups excluding carboxylic acids is 1. The summed E-state index contributed by atoms with van der Waals surface area (Å²) in [5, 5.41) is 11.9. The lowest BCUT2D eigenvalue weighted by Gasteiger charge is -2.20. The predicted molar refractivity (Wildman–Crippen MR) is 86.4 cm³/mol. The molecule has 1 atom stereocenters. The maximum atomic E-state index is 11.8. The van der Waals surface area contributed by atoms with E-state index in [0.29, 0.717) is 23.6 Å². The summed E-state index contributed by atoms with van der Waals surface area (Å²) in [4.78, 5) is 22.6. The van der Waals surface area contributed by atoms with Crippen LogP contribution in [0.25, 0.3) is 0 Å². The Labute approximate surface area is 135 Å². The van der Waals surface area contributed by atoms with Crippen molar-refractivity contribution in [2.75, 3.05) is 5.32 Å². The van der Waals surface area contributed by atoms with Crippen LogP contribution in [-0.2, 0) is 16.0 Å². The normalized spacial score (nSPS) is 12.6. The van der Waals surface area contributed by atoms with E-state index in [1.165, 1.54) is 0 Å². The Morgan fingerprint density at radius 1 is 1.36 bits per heavy atom. The molecular formula is C16H22ClNO4. The van der Waals surface area contributed by atoms with E-state index in [4.69, 9.17) is 21.4 Å². The molecule has 0 bridgehead atoms. The van der Waals surface area contributed by atoms with Crippen molar-refractivity contribution < 1.29 is 19.4 Å². The van der Waals surface area contributed by atoms with E-state index in [2.05, 4.69) is 5.32 Å². The van der Waals surface area contributed by atoms with Gasteiger partial charge in [-0.15, -0.1) is 0 Å². The van der Waals surface area contributed by atoms with Crippen molar-refractivity contribution in [3.05, 3.63) is 28.8 Å². The third-order valence-electron chi connectivity index (χ3n) is 2.95. The molecule has 6 heteroatoms. The molecule has 122 valence electrons. The van der Waals surface area contributed by atoms with E-state index in [9.17, 15) is 9.59 Å². The quantitative estimate of drug-likeness (QED) is 0.843. The number of aliphatic carboxylic acids is 1. The molecule has 0 spiro atoms. The van der Waals surface area contributed by atoms with Gasteiger partial charge in [0.2, 0.25) is 0 Å². The van der Waals surface area contributed by atoms with Crippen molar-refractivity contribution in [2.24, 2.45) is 5.92 Å². The van der Waals surface area contributed by atoms with Crippen LogP contribution in [-0.4, -0.2) is 22.8 Å². The number of benzene rings is 1. The summed E-state index contributed by atoms with van der Waals surface area (Å²) >= 11 is 6.06. The molecule has 0 aromatic heterocycles. The first-order valence-corrected chi connectivity index (χ1v) is 7.47. The summed E-state index contributed by atoms with van der Waals surface area (Å²) < 4.78 is 5.18. The minimum absolute atomic E-state index is 0.404. The third kappa shape index (κ3) is 6.35. The molecule has 0 fully saturated rings. The monoisotopic (exact) mass is 327 g/mol. The number of anilines is 1. The summed E-state index contributed by atoms with van der Waals surface area (Å²) in [6.45, 7) is 6.99. The molecule has 5 nitrogen and oxygen atoms in total. The smallest absolute Gasteiger partial charge is 0.412 e. The van der Waals surface area contributed by atoms with Crippen molar-refractivity contribution in [2.45, 2.75) is 46.1 Å². The van der Waals surface area contributed by atoms with Crippen LogP contribution in [0, 0.1) is 5.92 Å². The van der Waals surface area contributed by atoms with Gasteiger partial charge in [-0.25, -0.2) is 4.79 Å². The first-order chi connectivity index (χ1) is 10.1. The molecule has 2 N–H and O–H groups in total. The Balaban J connectivity index is 2.73. The van der Waals surface area contributed by atoms with Gasteiger partial charge in [-0.3, -0.25) is 10.1 Å². The molecule has 0 radical (unpaired) electrons. The molecule has 0 aliphatic carbocycles. The van der Waals surface area contributed by atoms with Gasteiger partial charge < -0.3 is 9.84 Å². The molecule has 0 saturated carbocycles. The SMILES string of the molecule is CC(CCc1ccc(Cl)c(NC(=O)OC(C)(C)C)c1)C(=O)O. The molecule has 1 aromatic rings. The summed E-state index contributed by atoms with van der Waals surface area (Å²) in [6.07, 6.45) is 0.529. The lowest BCUT2D eigenvalue weighted by atomic mass is 10.0. The third-order valence-corrected chi connectivity index (χ3v) is 3.28. The molecular weight excluding hydrogens is 306 g/mol. The molecule has 22 heavy (non-hydrogen) atoms.